The number of carbonyl (C=O) groups is 2. The second-order valence-electron chi connectivity index (χ2n) is 5.22. The van der Waals surface area contributed by atoms with E-state index in [4.69, 9.17) is 5.73 Å². The van der Waals surface area contributed by atoms with Gasteiger partial charge in [0.2, 0.25) is 5.91 Å². The fourth-order valence-electron chi connectivity index (χ4n) is 1.54. The molecule has 1 heterocycles. The van der Waals surface area contributed by atoms with Gasteiger partial charge in [-0.1, -0.05) is 19.9 Å². The van der Waals surface area contributed by atoms with Crippen LogP contribution in [0, 0.1) is 5.92 Å². The topological polar surface area (TPSA) is 97.1 Å². The minimum atomic E-state index is -0.479. The normalized spacial score (nSPS) is 13.7. The highest BCUT2D eigenvalue weighted by atomic mass is 16.2. The molecule has 1 rings (SSSR count). The Bertz CT molecular complexity index is 462. The lowest BCUT2D eigenvalue weighted by Gasteiger charge is -2.33. The Labute approximate surface area is 119 Å². The molecule has 1 aromatic rings. The van der Waals surface area contributed by atoms with Crippen LogP contribution in [0.5, 0.6) is 0 Å². The molecule has 20 heavy (non-hydrogen) atoms. The number of aromatic nitrogens is 1. The number of amides is 2. The van der Waals surface area contributed by atoms with Gasteiger partial charge >= 0.3 is 0 Å². The van der Waals surface area contributed by atoms with Gasteiger partial charge in [-0.15, -0.1) is 0 Å². The summed E-state index contributed by atoms with van der Waals surface area (Å²) in [5.41, 5.74) is 5.49. The summed E-state index contributed by atoms with van der Waals surface area (Å²) in [5, 5.41) is 5.38. The average molecular weight is 278 g/mol. The standard InChI is InChI=1S/C14H22N4O2/c1-10(2)14(3,9-15)18-12(19)8-17-13(20)11-6-4-5-7-16-11/h4-7,10H,8-9,15H2,1-3H3,(H,17,20)(H,18,19). The Kier molecular flexibility index (Phi) is 5.64. The van der Waals surface area contributed by atoms with Crippen LogP contribution in [0.25, 0.3) is 0 Å². The zero-order valence-corrected chi connectivity index (χ0v) is 12.1. The number of nitrogens with two attached hydrogens (primary N) is 1. The number of pyridine rings is 1. The number of carbonyl (C=O) groups excluding carboxylic acids is 2. The highest BCUT2D eigenvalue weighted by molar-refractivity contribution is 5.94. The Morgan fingerprint density at radius 2 is 2.10 bits per heavy atom. The number of nitrogens with one attached hydrogen (secondary N) is 2. The van der Waals surface area contributed by atoms with Crippen LogP contribution in [-0.4, -0.2) is 35.4 Å². The molecule has 2 amide bonds. The molecule has 6 heteroatoms. The van der Waals surface area contributed by atoms with E-state index in [1.807, 2.05) is 20.8 Å². The van der Waals surface area contributed by atoms with Crippen LogP contribution in [0.1, 0.15) is 31.3 Å². The van der Waals surface area contributed by atoms with Crippen molar-refractivity contribution in [3.8, 4) is 0 Å². The van der Waals surface area contributed by atoms with Gasteiger partial charge in [0.1, 0.15) is 5.69 Å². The van der Waals surface area contributed by atoms with Gasteiger partial charge in [-0.05, 0) is 25.0 Å². The van der Waals surface area contributed by atoms with E-state index in [1.54, 1.807) is 18.2 Å². The van der Waals surface area contributed by atoms with Gasteiger partial charge < -0.3 is 16.4 Å². The third kappa shape index (κ3) is 4.31. The molecule has 110 valence electrons. The monoisotopic (exact) mass is 278 g/mol. The average Bonchev–Trinajstić information content (AvgIpc) is 2.45. The summed E-state index contributed by atoms with van der Waals surface area (Å²) < 4.78 is 0. The predicted octanol–water partition coefficient (Wildman–Crippen LogP) is 0.301. The lowest BCUT2D eigenvalue weighted by Crippen LogP contribution is -2.56. The summed E-state index contributed by atoms with van der Waals surface area (Å²) in [4.78, 5) is 27.5. The Morgan fingerprint density at radius 3 is 2.60 bits per heavy atom. The third-order valence-electron chi connectivity index (χ3n) is 3.43. The van der Waals surface area contributed by atoms with Crippen molar-refractivity contribution in [2.45, 2.75) is 26.3 Å². The van der Waals surface area contributed by atoms with E-state index in [0.29, 0.717) is 6.54 Å². The maximum absolute atomic E-state index is 11.9. The molecule has 1 unspecified atom stereocenters. The summed E-state index contributed by atoms with van der Waals surface area (Å²) >= 11 is 0. The Balaban J connectivity index is 2.50. The van der Waals surface area contributed by atoms with Crippen molar-refractivity contribution in [2.24, 2.45) is 11.7 Å². The highest BCUT2D eigenvalue weighted by Crippen LogP contribution is 2.14. The summed E-state index contributed by atoms with van der Waals surface area (Å²) in [5.74, 6) is -0.446. The smallest absolute Gasteiger partial charge is 0.270 e. The van der Waals surface area contributed by atoms with Crippen LogP contribution < -0.4 is 16.4 Å². The van der Waals surface area contributed by atoms with Crippen LogP contribution in [0.3, 0.4) is 0 Å². The summed E-state index contributed by atoms with van der Waals surface area (Å²) in [6.45, 7) is 6.09. The molecule has 0 aliphatic rings. The van der Waals surface area contributed by atoms with Crippen molar-refractivity contribution in [3.63, 3.8) is 0 Å². The van der Waals surface area contributed by atoms with Gasteiger partial charge in [0, 0.05) is 12.7 Å². The summed E-state index contributed by atoms with van der Waals surface area (Å²) in [7, 11) is 0. The molecule has 1 aromatic heterocycles. The Hall–Kier alpha value is -1.95. The molecule has 0 spiro atoms. The van der Waals surface area contributed by atoms with Crippen LogP contribution in [-0.2, 0) is 4.79 Å². The molecule has 0 aromatic carbocycles. The zero-order chi connectivity index (χ0) is 15.2. The minimum absolute atomic E-state index is 0.0995. The molecule has 1 atom stereocenters. The van der Waals surface area contributed by atoms with Gasteiger partial charge in [0.25, 0.3) is 5.91 Å². The summed E-state index contributed by atoms with van der Waals surface area (Å²) in [6, 6.07) is 5.02. The third-order valence-corrected chi connectivity index (χ3v) is 3.43. The number of hydrogen-bond donors (Lipinski definition) is 3. The first-order valence-corrected chi connectivity index (χ1v) is 6.59. The first kappa shape index (κ1) is 16.1. The molecule has 6 nitrogen and oxygen atoms in total. The van der Waals surface area contributed by atoms with E-state index in [9.17, 15) is 9.59 Å². The first-order chi connectivity index (χ1) is 9.39. The van der Waals surface area contributed by atoms with Crippen molar-refractivity contribution in [3.05, 3.63) is 30.1 Å². The van der Waals surface area contributed by atoms with Crippen molar-refractivity contribution in [1.82, 2.24) is 15.6 Å². The van der Waals surface area contributed by atoms with E-state index in [2.05, 4.69) is 15.6 Å². The van der Waals surface area contributed by atoms with E-state index >= 15 is 0 Å². The number of rotatable bonds is 6. The van der Waals surface area contributed by atoms with E-state index in [0.717, 1.165) is 0 Å². The van der Waals surface area contributed by atoms with Crippen molar-refractivity contribution in [2.75, 3.05) is 13.1 Å². The van der Waals surface area contributed by atoms with Gasteiger partial charge in [0.05, 0.1) is 12.1 Å². The van der Waals surface area contributed by atoms with E-state index in [1.165, 1.54) is 6.20 Å². The maximum Gasteiger partial charge on any atom is 0.270 e. The van der Waals surface area contributed by atoms with Crippen LogP contribution in [0.2, 0.25) is 0 Å². The lowest BCUT2D eigenvalue weighted by atomic mass is 9.88. The van der Waals surface area contributed by atoms with Crippen LogP contribution >= 0.6 is 0 Å². The van der Waals surface area contributed by atoms with Crippen molar-refractivity contribution >= 4 is 11.8 Å². The second kappa shape index (κ2) is 7.00. The van der Waals surface area contributed by atoms with E-state index < -0.39 is 5.54 Å². The molecule has 0 bridgehead atoms. The largest absolute Gasteiger partial charge is 0.348 e. The zero-order valence-electron chi connectivity index (χ0n) is 12.1. The quantitative estimate of drug-likeness (QED) is 0.697. The maximum atomic E-state index is 11.9. The van der Waals surface area contributed by atoms with Crippen molar-refractivity contribution in [1.29, 1.82) is 0 Å². The second-order valence-corrected chi connectivity index (χ2v) is 5.22. The van der Waals surface area contributed by atoms with Gasteiger partial charge in [-0.3, -0.25) is 14.6 Å². The lowest BCUT2D eigenvalue weighted by molar-refractivity contribution is -0.122. The molecular formula is C14H22N4O2. The van der Waals surface area contributed by atoms with Gasteiger partial charge in [-0.2, -0.15) is 0 Å². The van der Waals surface area contributed by atoms with Crippen LogP contribution in [0.15, 0.2) is 24.4 Å². The molecule has 0 saturated carbocycles. The molecular weight excluding hydrogens is 256 g/mol. The first-order valence-electron chi connectivity index (χ1n) is 6.59. The van der Waals surface area contributed by atoms with Gasteiger partial charge in [0.15, 0.2) is 0 Å². The van der Waals surface area contributed by atoms with Gasteiger partial charge in [-0.25, -0.2) is 0 Å². The fourth-order valence-corrected chi connectivity index (χ4v) is 1.54. The number of nitrogens with zero attached hydrogens (tertiary/aromatic N) is 1. The summed E-state index contributed by atoms with van der Waals surface area (Å²) in [6.07, 6.45) is 1.53. The highest BCUT2D eigenvalue weighted by Gasteiger charge is 2.28. The predicted molar refractivity (Wildman–Crippen MR) is 77.0 cm³/mol. The molecule has 0 aliphatic carbocycles. The fraction of sp³-hybridized carbons (Fsp3) is 0.500. The molecule has 4 N–H and O–H groups in total. The molecule has 0 saturated heterocycles. The van der Waals surface area contributed by atoms with Crippen molar-refractivity contribution < 1.29 is 9.59 Å². The number of hydrogen-bond acceptors (Lipinski definition) is 4. The minimum Gasteiger partial charge on any atom is -0.348 e. The molecule has 0 fully saturated rings. The van der Waals surface area contributed by atoms with E-state index in [-0.39, 0.29) is 30.0 Å². The molecule has 0 radical (unpaired) electrons. The van der Waals surface area contributed by atoms with Crippen LogP contribution in [0.4, 0.5) is 0 Å². The Morgan fingerprint density at radius 1 is 1.40 bits per heavy atom. The SMILES string of the molecule is CC(C)C(C)(CN)NC(=O)CNC(=O)c1ccccn1. The molecule has 0 aliphatic heterocycles.